The maximum atomic E-state index is 15.7. The summed E-state index contributed by atoms with van der Waals surface area (Å²) >= 11 is 0. The first-order valence-electron chi connectivity index (χ1n) is 14.9. The van der Waals surface area contributed by atoms with Crippen LogP contribution in [-0.2, 0) is 23.7 Å². The van der Waals surface area contributed by atoms with Crippen molar-refractivity contribution in [1.29, 1.82) is 0 Å². The van der Waals surface area contributed by atoms with E-state index in [0.717, 1.165) is 30.4 Å². The molecule has 10 nitrogen and oxygen atoms in total. The van der Waals surface area contributed by atoms with E-state index >= 15 is 4.39 Å². The average molecular weight is 604 g/mol. The highest BCUT2D eigenvalue weighted by atomic mass is 19.1. The second kappa shape index (κ2) is 12.3. The van der Waals surface area contributed by atoms with Gasteiger partial charge in [-0.05, 0) is 42.5 Å². The van der Waals surface area contributed by atoms with Crippen molar-refractivity contribution in [2.45, 2.75) is 49.9 Å². The predicted molar refractivity (Wildman–Crippen MR) is 160 cm³/mol. The minimum Gasteiger partial charge on any atom is -0.470 e. The quantitative estimate of drug-likeness (QED) is 0.298. The van der Waals surface area contributed by atoms with Gasteiger partial charge in [-0.2, -0.15) is 0 Å². The maximum absolute atomic E-state index is 15.7. The smallest absolute Gasteiger partial charge is 0.250 e. The summed E-state index contributed by atoms with van der Waals surface area (Å²) in [5, 5.41) is 12.9. The van der Waals surface area contributed by atoms with Crippen LogP contribution in [0.1, 0.15) is 25.5 Å². The molecule has 1 amide bonds. The number of carbonyl (C=O) groups excluding carboxylic acids is 1. The normalized spacial score (nSPS) is 24.8. The van der Waals surface area contributed by atoms with E-state index in [1.54, 1.807) is 0 Å². The average Bonchev–Trinajstić information content (AvgIpc) is 3.72. The Balaban J connectivity index is 1.16. The van der Waals surface area contributed by atoms with Crippen LogP contribution in [-0.4, -0.2) is 78.5 Å². The van der Waals surface area contributed by atoms with Gasteiger partial charge in [-0.3, -0.25) is 9.36 Å². The number of aliphatic hydroxyl groups is 1. The SMILES string of the molecule is COCC(=O)Nc1ccc(-c2ccc(-c3nc4cc(O[C@@H]5CO[C@H]6[C@@H]5OC[C@H]6O)n(C5CCCCO5)c4cc3F)cc2)cc1. The lowest BCUT2D eigenvalue weighted by Gasteiger charge is -2.27. The number of aromatic nitrogens is 2. The number of pyridine rings is 1. The first-order valence-corrected chi connectivity index (χ1v) is 14.9. The van der Waals surface area contributed by atoms with Crippen LogP contribution in [0, 0.1) is 5.82 Å². The molecule has 2 aromatic carbocycles. The van der Waals surface area contributed by atoms with Crippen molar-refractivity contribution in [3.8, 4) is 28.3 Å². The molecule has 230 valence electrons. The van der Waals surface area contributed by atoms with Gasteiger partial charge in [0.15, 0.2) is 17.8 Å². The molecule has 11 heteroatoms. The lowest BCUT2D eigenvalue weighted by atomic mass is 10.0. The van der Waals surface area contributed by atoms with E-state index in [-0.39, 0.29) is 43.8 Å². The summed E-state index contributed by atoms with van der Waals surface area (Å²) in [5.74, 6) is -0.165. The van der Waals surface area contributed by atoms with E-state index in [1.165, 1.54) is 13.2 Å². The number of nitrogens with one attached hydrogen (secondary N) is 1. The molecule has 1 unspecified atom stereocenters. The van der Waals surface area contributed by atoms with Crippen molar-refractivity contribution in [2.75, 3.05) is 38.9 Å². The van der Waals surface area contributed by atoms with Gasteiger partial charge in [0.05, 0.1) is 24.2 Å². The molecule has 2 aromatic heterocycles. The Labute approximate surface area is 253 Å². The number of carbonyl (C=O) groups is 1. The first-order chi connectivity index (χ1) is 21.5. The largest absolute Gasteiger partial charge is 0.470 e. The van der Waals surface area contributed by atoms with Gasteiger partial charge in [0.2, 0.25) is 5.91 Å². The second-order valence-electron chi connectivity index (χ2n) is 11.4. The highest BCUT2D eigenvalue weighted by Crippen LogP contribution is 2.38. The Kier molecular flexibility index (Phi) is 8.04. The summed E-state index contributed by atoms with van der Waals surface area (Å²) in [6, 6.07) is 18.3. The molecule has 0 aliphatic carbocycles. The Bertz CT molecular complexity index is 1640. The second-order valence-corrected chi connectivity index (χ2v) is 11.4. The molecule has 4 aromatic rings. The zero-order valence-electron chi connectivity index (χ0n) is 24.3. The zero-order valence-corrected chi connectivity index (χ0v) is 24.3. The highest BCUT2D eigenvalue weighted by Gasteiger charge is 2.48. The molecule has 44 heavy (non-hydrogen) atoms. The molecule has 2 N–H and O–H groups in total. The number of hydrogen-bond acceptors (Lipinski definition) is 8. The number of benzene rings is 2. The van der Waals surface area contributed by atoms with Crippen molar-refractivity contribution in [2.24, 2.45) is 0 Å². The van der Waals surface area contributed by atoms with Gasteiger partial charge in [-0.1, -0.05) is 36.4 Å². The van der Waals surface area contributed by atoms with Gasteiger partial charge < -0.3 is 34.1 Å². The van der Waals surface area contributed by atoms with Gasteiger partial charge in [-0.25, -0.2) is 9.37 Å². The number of anilines is 1. The number of methoxy groups -OCH3 is 1. The van der Waals surface area contributed by atoms with E-state index in [1.807, 2.05) is 59.2 Å². The van der Waals surface area contributed by atoms with Crippen LogP contribution in [0.3, 0.4) is 0 Å². The number of nitrogens with zero attached hydrogens (tertiary/aromatic N) is 2. The Morgan fingerprint density at radius 3 is 2.45 bits per heavy atom. The molecule has 3 saturated heterocycles. The summed E-state index contributed by atoms with van der Waals surface area (Å²) in [6.07, 6.45) is 0.516. The third-order valence-corrected chi connectivity index (χ3v) is 8.37. The Hall–Kier alpha value is -3.87. The fourth-order valence-corrected chi connectivity index (χ4v) is 6.21. The van der Waals surface area contributed by atoms with Crippen LogP contribution in [0.25, 0.3) is 33.4 Å². The van der Waals surface area contributed by atoms with Crippen LogP contribution in [0.4, 0.5) is 10.1 Å². The van der Waals surface area contributed by atoms with Crippen LogP contribution >= 0.6 is 0 Å². The summed E-state index contributed by atoms with van der Waals surface area (Å²) in [6.45, 7) is 1.09. The fraction of sp³-hybridized carbons (Fsp3) is 0.394. The fourth-order valence-electron chi connectivity index (χ4n) is 6.21. The van der Waals surface area contributed by atoms with Gasteiger partial charge in [0.1, 0.15) is 36.8 Å². The number of amides is 1. The number of ether oxygens (including phenoxy) is 5. The van der Waals surface area contributed by atoms with Crippen LogP contribution < -0.4 is 10.1 Å². The molecule has 3 aliphatic rings. The summed E-state index contributed by atoms with van der Waals surface area (Å²) < 4.78 is 46.5. The number of rotatable bonds is 8. The maximum Gasteiger partial charge on any atom is 0.250 e. The van der Waals surface area contributed by atoms with E-state index in [4.69, 9.17) is 28.7 Å². The van der Waals surface area contributed by atoms with Crippen LogP contribution in [0.2, 0.25) is 0 Å². The standard InChI is InChI=1S/C33H34FN3O7/c1-40-18-28(39)35-22-11-9-20(10-12-22)19-5-7-21(8-6-19)31-23(34)14-25-24(36-31)15-30(37(25)29-4-2-3-13-41-29)44-27-17-43-32-26(38)16-42-33(27)32/h5-12,14-15,26-27,29,32-33,38H,2-4,13,16-18H2,1H3,(H,35,39)/t26-,27-,29?,32-,33-/m1/s1. The lowest BCUT2D eigenvalue weighted by Crippen LogP contribution is -2.35. The van der Waals surface area contributed by atoms with Crippen molar-refractivity contribution >= 4 is 22.6 Å². The van der Waals surface area contributed by atoms with Gasteiger partial charge in [0, 0.05) is 37.1 Å². The molecule has 5 heterocycles. The van der Waals surface area contributed by atoms with Gasteiger partial charge in [0.25, 0.3) is 0 Å². The summed E-state index contributed by atoms with van der Waals surface area (Å²) in [4.78, 5) is 16.5. The molecule has 5 atom stereocenters. The van der Waals surface area contributed by atoms with Gasteiger partial charge >= 0.3 is 0 Å². The van der Waals surface area contributed by atoms with E-state index in [0.29, 0.717) is 34.8 Å². The Morgan fingerprint density at radius 1 is 1.00 bits per heavy atom. The molecule has 7 rings (SSSR count). The van der Waals surface area contributed by atoms with E-state index < -0.39 is 24.1 Å². The first kappa shape index (κ1) is 28.9. The molecule has 0 bridgehead atoms. The molecule has 0 spiro atoms. The molecular formula is C33H34FN3O7. The monoisotopic (exact) mass is 603 g/mol. The summed E-state index contributed by atoms with van der Waals surface area (Å²) in [7, 11) is 1.47. The lowest BCUT2D eigenvalue weighted by molar-refractivity contribution is -0.119. The molecule has 0 radical (unpaired) electrons. The predicted octanol–water partition coefficient (Wildman–Crippen LogP) is 4.70. The zero-order chi connectivity index (χ0) is 30.2. The Morgan fingerprint density at radius 2 is 1.73 bits per heavy atom. The topological polar surface area (TPSA) is 113 Å². The van der Waals surface area contributed by atoms with Crippen molar-refractivity contribution < 1.29 is 38.0 Å². The van der Waals surface area contributed by atoms with Crippen molar-refractivity contribution in [1.82, 2.24) is 9.55 Å². The van der Waals surface area contributed by atoms with E-state index in [2.05, 4.69) is 5.32 Å². The number of aliphatic hydroxyl groups excluding tert-OH is 1. The van der Waals surface area contributed by atoms with Crippen molar-refractivity contribution in [3.05, 3.63) is 66.5 Å². The molecule has 3 aliphatic heterocycles. The third-order valence-electron chi connectivity index (χ3n) is 8.37. The van der Waals surface area contributed by atoms with Crippen LogP contribution in [0.15, 0.2) is 60.7 Å². The third kappa shape index (κ3) is 5.57. The van der Waals surface area contributed by atoms with Crippen molar-refractivity contribution in [3.63, 3.8) is 0 Å². The molecule has 3 fully saturated rings. The molecule has 0 saturated carbocycles. The van der Waals surface area contributed by atoms with Crippen LogP contribution in [0.5, 0.6) is 5.88 Å². The number of hydrogen-bond donors (Lipinski definition) is 2. The van der Waals surface area contributed by atoms with Gasteiger partial charge in [-0.15, -0.1) is 0 Å². The highest BCUT2D eigenvalue weighted by molar-refractivity contribution is 5.92. The number of halogens is 1. The molecular weight excluding hydrogens is 569 g/mol. The minimum absolute atomic E-state index is 0.0106. The van der Waals surface area contributed by atoms with E-state index in [9.17, 15) is 9.90 Å². The summed E-state index contributed by atoms with van der Waals surface area (Å²) in [5.41, 5.74) is 4.62. The minimum atomic E-state index is -0.682. The number of fused-ring (bicyclic) bond motifs is 2.